The number of rotatable bonds is 4. The van der Waals surface area contributed by atoms with E-state index in [0.717, 1.165) is 10.9 Å². The Bertz CT molecular complexity index is 915. The SMILES string of the molecule is CC(=O)Oc1cc2c(cc1P(c1ccccc1)c1ccccc1)C(C)OC2. The molecule has 0 fully saturated rings. The minimum absolute atomic E-state index is 0.0496. The van der Waals surface area contributed by atoms with Crippen molar-refractivity contribution in [2.75, 3.05) is 0 Å². The molecule has 3 nitrogen and oxygen atoms in total. The number of ether oxygens (including phenoxy) is 2. The van der Waals surface area contributed by atoms with Crippen molar-refractivity contribution in [1.29, 1.82) is 0 Å². The molecule has 1 aliphatic rings. The van der Waals surface area contributed by atoms with E-state index in [-0.39, 0.29) is 12.1 Å². The summed E-state index contributed by atoms with van der Waals surface area (Å²) in [5, 5.41) is 3.49. The van der Waals surface area contributed by atoms with Crippen molar-refractivity contribution in [3.05, 3.63) is 83.9 Å². The fraction of sp³-hybridized carbons (Fsp3) is 0.174. The highest BCUT2D eigenvalue weighted by Gasteiger charge is 2.27. The van der Waals surface area contributed by atoms with Crippen molar-refractivity contribution < 1.29 is 14.3 Å². The first-order valence-corrected chi connectivity index (χ1v) is 10.3. The Morgan fingerprint density at radius 2 is 1.59 bits per heavy atom. The maximum atomic E-state index is 11.8. The second-order valence-electron chi connectivity index (χ2n) is 6.57. The first-order valence-electron chi connectivity index (χ1n) is 9.00. The van der Waals surface area contributed by atoms with Gasteiger partial charge in [-0.25, -0.2) is 0 Å². The summed E-state index contributed by atoms with van der Waals surface area (Å²) in [4.78, 5) is 11.8. The molecule has 3 aromatic carbocycles. The first-order chi connectivity index (χ1) is 13.1. The van der Waals surface area contributed by atoms with Gasteiger partial charge in [0, 0.05) is 12.2 Å². The van der Waals surface area contributed by atoms with Gasteiger partial charge < -0.3 is 9.47 Å². The molecule has 1 heterocycles. The Balaban J connectivity index is 1.94. The lowest BCUT2D eigenvalue weighted by molar-refractivity contribution is -0.131. The van der Waals surface area contributed by atoms with E-state index in [4.69, 9.17) is 9.47 Å². The van der Waals surface area contributed by atoms with Gasteiger partial charge in [-0.3, -0.25) is 4.79 Å². The summed E-state index contributed by atoms with van der Waals surface area (Å²) in [7, 11) is -0.856. The Hall–Kier alpha value is -2.48. The van der Waals surface area contributed by atoms with E-state index in [1.165, 1.54) is 23.1 Å². The van der Waals surface area contributed by atoms with Gasteiger partial charge in [-0.2, -0.15) is 0 Å². The van der Waals surface area contributed by atoms with Crippen LogP contribution in [0.25, 0.3) is 0 Å². The van der Waals surface area contributed by atoms with Crippen LogP contribution in [0.3, 0.4) is 0 Å². The molecule has 0 spiro atoms. The predicted octanol–water partition coefficient (Wildman–Crippen LogP) is 3.96. The number of hydrogen-bond donors (Lipinski definition) is 0. The molecule has 0 amide bonds. The van der Waals surface area contributed by atoms with Crippen molar-refractivity contribution in [3.63, 3.8) is 0 Å². The van der Waals surface area contributed by atoms with Crippen LogP contribution in [0.15, 0.2) is 72.8 Å². The molecule has 27 heavy (non-hydrogen) atoms. The summed E-state index contributed by atoms with van der Waals surface area (Å²) in [5.41, 5.74) is 2.28. The lowest BCUT2D eigenvalue weighted by Gasteiger charge is -2.23. The number of hydrogen-bond acceptors (Lipinski definition) is 3. The second kappa shape index (κ2) is 7.64. The largest absolute Gasteiger partial charge is 0.426 e. The molecular weight excluding hydrogens is 355 g/mol. The Kier molecular flexibility index (Phi) is 5.07. The molecule has 0 bridgehead atoms. The van der Waals surface area contributed by atoms with Gasteiger partial charge >= 0.3 is 5.97 Å². The van der Waals surface area contributed by atoms with Gasteiger partial charge in [-0.1, -0.05) is 60.7 Å². The minimum Gasteiger partial charge on any atom is -0.426 e. The third-order valence-electron chi connectivity index (χ3n) is 4.67. The highest BCUT2D eigenvalue weighted by atomic mass is 31.1. The quantitative estimate of drug-likeness (QED) is 0.393. The predicted molar refractivity (Wildman–Crippen MR) is 110 cm³/mol. The van der Waals surface area contributed by atoms with E-state index in [1.54, 1.807) is 0 Å². The van der Waals surface area contributed by atoms with Crippen LogP contribution in [0.5, 0.6) is 5.75 Å². The summed E-state index contributed by atoms with van der Waals surface area (Å²) in [6.07, 6.45) is 0.0496. The fourth-order valence-electron chi connectivity index (χ4n) is 3.43. The highest BCUT2D eigenvalue weighted by Crippen LogP contribution is 2.40. The van der Waals surface area contributed by atoms with Crippen molar-refractivity contribution in [2.45, 2.75) is 26.6 Å². The average Bonchev–Trinajstić information content (AvgIpc) is 3.03. The molecule has 0 aliphatic carbocycles. The number of fused-ring (bicyclic) bond motifs is 1. The van der Waals surface area contributed by atoms with Gasteiger partial charge in [0.25, 0.3) is 0 Å². The summed E-state index contributed by atoms with van der Waals surface area (Å²) in [5.74, 6) is 0.331. The van der Waals surface area contributed by atoms with Crippen LogP contribution in [0.1, 0.15) is 31.1 Å². The molecule has 136 valence electrons. The van der Waals surface area contributed by atoms with E-state index >= 15 is 0 Å². The Morgan fingerprint density at radius 1 is 1.00 bits per heavy atom. The van der Waals surface area contributed by atoms with Crippen molar-refractivity contribution >= 4 is 29.8 Å². The monoisotopic (exact) mass is 376 g/mol. The van der Waals surface area contributed by atoms with Crippen LogP contribution in [0.4, 0.5) is 0 Å². The molecule has 1 aliphatic heterocycles. The van der Waals surface area contributed by atoms with E-state index in [1.807, 2.05) is 18.2 Å². The van der Waals surface area contributed by atoms with Crippen LogP contribution in [0, 0.1) is 0 Å². The highest BCUT2D eigenvalue weighted by molar-refractivity contribution is 7.80. The normalized spacial score (nSPS) is 15.6. The van der Waals surface area contributed by atoms with Crippen LogP contribution >= 0.6 is 7.92 Å². The van der Waals surface area contributed by atoms with Crippen molar-refractivity contribution in [3.8, 4) is 5.75 Å². The smallest absolute Gasteiger partial charge is 0.308 e. The number of benzene rings is 3. The van der Waals surface area contributed by atoms with Crippen molar-refractivity contribution in [1.82, 2.24) is 0 Å². The summed E-state index contributed by atoms with van der Waals surface area (Å²) < 4.78 is 11.4. The lowest BCUT2D eigenvalue weighted by atomic mass is 10.1. The molecule has 1 atom stereocenters. The summed E-state index contributed by atoms with van der Waals surface area (Å²) in [6, 6.07) is 25.0. The zero-order chi connectivity index (χ0) is 18.8. The second-order valence-corrected chi connectivity index (χ2v) is 8.76. The zero-order valence-corrected chi connectivity index (χ0v) is 16.3. The van der Waals surface area contributed by atoms with Crippen LogP contribution in [0.2, 0.25) is 0 Å². The molecule has 0 aromatic heterocycles. The molecule has 4 heteroatoms. The standard InChI is InChI=1S/C23H21O3P/c1-16-21-14-23(22(26-17(2)24)13-18(21)15-25-16)27(19-9-5-3-6-10-19)20-11-7-4-8-12-20/h3-14,16H,15H2,1-2H3. The van der Waals surface area contributed by atoms with E-state index in [9.17, 15) is 4.79 Å². The molecule has 0 saturated heterocycles. The third kappa shape index (κ3) is 3.66. The zero-order valence-electron chi connectivity index (χ0n) is 15.4. The van der Waals surface area contributed by atoms with E-state index < -0.39 is 7.92 Å². The van der Waals surface area contributed by atoms with Crippen LogP contribution in [-0.4, -0.2) is 5.97 Å². The number of carbonyl (C=O) groups is 1. The van der Waals surface area contributed by atoms with Gasteiger partial charge in [0.15, 0.2) is 0 Å². The molecule has 0 saturated carbocycles. The fourth-order valence-corrected chi connectivity index (χ4v) is 5.82. The molecule has 0 N–H and O–H groups in total. The Labute approximate surface area is 160 Å². The summed E-state index contributed by atoms with van der Waals surface area (Å²) >= 11 is 0. The van der Waals surface area contributed by atoms with Crippen molar-refractivity contribution in [2.24, 2.45) is 0 Å². The first kappa shape index (κ1) is 17.9. The number of esters is 1. The molecule has 0 radical (unpaired) electrons. The van der Waals surface area contributed by atoms with Crippen LogP contribution in [-0.2, 0) is 16.1 Å². The van der Waals surface area contributed by atoms with Gasteiger partial charge in [0.05, 0.1) is 12.7 Å². The average molecular weight is 376 g/mol. The van der Waals surface area contributed by atoms with Gasteiger partial charge in [0.1, 0.15) is 5.75 Å². The van der Waals surface area contributed by atoms with E-state index in [0.29, 0.717) is 12.4 Å². The topological polar surface area (TPSA) is 35.5 Å². The molecule has 3 aromatic rings. The van der Waals surface area contributed by atoms with Gasteiger partial charge in [0.2, 0.25) is 0 Å². The molecule has 1 unspecified atom stereocenters. The van der Waals surface area contributed by atoms with E-state index in [2.05, 4.69) is 61.5 Å². The summed E-state index contributed by atoms with van der Waals surface area (Å²) in [6.45, 7) is 4.07. The molecule has 4 rings (SSSR count). The maximum Gasteiger partial charge on any atom is 0.308 e. The lowest BCUT2D eigenvalue weighted by Crippen LogP contribution is -2.23. The van der Waals surface area contributed by atoms with Crippen LogP contribution < -0.4 is 20.7 Å². The van der Waals surface area contributed by atoms with Gasteiger partial charge in [-0.05, 0) is 48.7 Å². The van der Waals surface area contributed by atoms with Gasteiger partial charge in [-0.15, -0.1) is 0 Å². The third-order valence-corrected chi connectivity index (χ3v) is 7.13. The Morgan fingerprint density at radius 3 is 2.15 bits per heavy atom. The molecular formula is C23H21O3P. The maximum absolute atomic E-state index is 11.8. The minimum atomic E-state index is -0.856. The number of carbonyl (C=O) groups excluding carboxylic acids is 1.